The Morgan fingerprint density at radius 3 is 1.67 bits per heavy atom. The van der Waals surface area contributed by atoms with Gasteiger partial charge in [-0.05, 0) is 0 Å². The molecule has 0 unspecified atom stereocenters. The Hall–Kier alpha value is -0.893. The first-order chi connectivity index (χ1) is 8.72. The fourth-order valence-corrected chi connectivity index (χ4v) is 8.50. The van der Waals surface area contributed by atoms with E-state index >= 15 is 0 Å². The Kier molecular flexibility index (Phi) is 6.34. The zero-order valence-electron chi connectivity index (χ0n) is 12.0. The molecular weight excluding hydrogens is 236 g/mol. The maximum Gasteiger partial charge on any atom is 0.233 e. The van der Waals surface area contributed by atoms with Crippen LogP contribution < -0.4 is 5.19 Å². The van der Waals surface area contributed by atoms with Crippen LogP contribution in [0.25, 0.3) is 0 Å². The van der Waals surface area contributed by atoms with E-state index in [0.29, 0.717) is 5.56 Å². The Labute approximate surface area is 113 Å². The molecule has 0 bridgehead atoms. The maximum atomic E-state index is 10.6. The molecule has 0 aliphatic heterocycles. The van der Waals surface area contributed by atoms with Crippen molar-refractivity contribution >= 4 is 19.5 Å². The number of carbonyl (C=O) groups excluding carboxylic acids is 1. The molecule has 0 saturated heterocycles. The average Bonchev–Trinajstić information content (AvgIpc) is 2.39. The van der Waals surface area contributed by atoms with Crippen molar-refractivity contribution in [2.75, 3.05) is 0 Å². The summed E-state index contributed by atoms with van der Waals surface area (Å²) in [6.07, 6.45) is 5.78. The summed E-state index contributed by atoms with van der Waals surface area (Å²) in [7, 11) is -1.34. The summed E-state index contributed by atoms with van der Waals surface area (Å²) in [5, 5.41) is 1.53. The van der Waals surface area contributed by atoms with Gasteiger partial charge in [0, 0.05) is 5.56 Å². The van der Waals surface area contributed by atoms with Gasteiger partial charge in [-0.1, -0.05) is 87.6 Å². The number of hydrogen-bond donors (Lipinski definition) is 0. The fraction of sp³-hybridized carbons (Fsp3) is 0.562. The van der Waals surface area contributed by atoms with Crippen LogP contribution in [0.3, 0.4) is 0 Å². The maximum absolute atomic E-state index is 10.6. The van der Waals surface area contributed by atoms with Crippen molar-refractivity contribution in [2.24, 2.45) is 0 Å². The monoisotopic (exact) mass is 261 g/mol. The van der Waals surface area contributed by atoms with E-state index in [2.05, 4.69) is 32.9 Å². The van der Waals surface area contributed by atoms with E-state index in [1.54, 1.807) is 0 Å². The SMILES string of the molecule is CCC[Si](CCC)(CCC)c1ccc([C]=O)cc1. The van der Waals surface area contributed by atoms with E-state index in [1.165, 1.54) is 42.6 Å². The smallest absolute Gasteiger partial charge is 0.233 e. The first kappa shape index (κ1) is 15.2. The largest absolute Gasteiger partial charge is 0.285 e. The molecular formula is C16H25OSi. The predicted octanol–water partition coefficient (Wildman–Crippen LogP) is 4.03. The minimum Gasteiger partial charge on any atom is -0.285 e. The molecule has 0 spiro atoms. The van der Waals surface area contributed by atoms with Gasteiger partial charge in [-0.25, -0.2) is 0 Å². The minimum absolute atomic E-state index is 0.672. The van der Waals surface area contributed by atoms with Gasteiger partial charge in [-0.15, -0.1) is 0 Å². The van der Waals surface area contributed by atoms with Crippen molar-refractivity contribution in [3.8, 4) is 0 Å². The summed E-state index contributed by atoms with van der Waals surface area (Å²) < 4.78 is 0. The molecule has 1 radical (unpaired) electrons. The van der Waals surface area contributed by atoms with Crippen molar-refractivity contribution < 1.29 is 4.79 Å². The van der Waals surface area contributed by atoms with Crippen LogP contribution in [-0.4, -0.2) is 14.4 Å². The summed E-state index contributed by atoms with van der Waals surface area (Å²) in [4.78, 5) is 10.6. The highest BCUT2D eigenvalue weighted by atomic mass is 28.3. The Morgan fingerprint density at radius 1 is 0.889 bits per heavy atom. The molecule has 1 nitrogen and oxygen atoms in total. The highest BCUT2D eigenvalue weighted by Crippen LogP contribution is 2.26. The molecule has 1 aromatic carbocycles. The molecule has 0 heterocycles. The van der Waals surface area contributed by atoms with Crippen molar-refractivity contribution in [2.45, 2.75) is 58.2 Å². The van der Waals surface area contributed by atoms with E-state index in [9.17, 15) is 4.79 Å². The Bertz CT molecular complexity index is 339. The highest BCUT2D eigenvalue weighted by Gasteiger charge is 2.31. The summed E-state index contributed by atoms with van der Waals surface area (Å²) in [6.45, 7) is 6.88. The zero-order chi connectivity index (χ0) is 13.4. The van der Waals surface area contributed by atoms with Crippen molar-refractivity contribution in [1.82, 2.24) is 0 Å². The van der Waals surface area contributed by atoms with Gasteiger partial charge < -0.3 is 0 Å². The molecule has 2 heteroatoms. The van der Waals surface area contributed by atoms with Gasteiger partial charge >= 0.3 is 0 Å². The minimum atomic E-state index is -1.34. The first-order valence-corrected chi connectivity index (χ1v) is 9.83. The van der Waals surface area contributed by atoms with E-state index in [-0.39, 0.29) is 0 Å². The van der Waals surface area contributed by atoms with Crippen LogP contribution in [0.5, 0.6) is 0 Å². The first-order valence-electron chi connectivity index (χ1n) is 7.21. The van der Waals surface area contributed by atoms with Crippen LogP contribution in [0, 0.1) is 0 Å². The van der Waals surface area contributed by atoms with Crippen molar-refractivity contribution in [3.05, 3.63) is 29.8 Å². The molecule has 0 aliphatic rings. The lowest BCUT2D eigenvalue weighted by atomic mass is 10.2. The third kappa shape index (κ3) is 3.55. The fourth-order valence-electron chi connectivity index (χ4n) is 3.14. The van der Waals surface area contributed by atoms with Crippen LogP contribution in [0.2, 0.25) is 18.1 Å². The van der Waals surface area contributed by atoms with Crippen LogP contribution in [-0.2, 0) is 4.79 Å². The molecule has 1 rings (SSSR count). The van der Waals surface area contributed by atoms with Gasteiger partial charge in [0.25, 0.3) is 0 Å². The lowest BCUT2D eigenvalue weighted by Gasteiger charge is -2.32. The second-order valence-electron chi connectivity index (χ2n) is 5.21. The number of rotatable bonds is 8. The molecule has 0 aliphatic carbocycles. The Morgan fingerprint density at radius 2 is 1.33 bits per heavy atom. The van der Waals surface area contributed by atoms with Gasteiger partial charge in [0.05, 0.1) is 8.07 Å². The Balaban J connectivity index is 3.08. The quantitative estimate of drug-likeness (QED) is 0.646. The second-order valence-corrected chi connectivity index (χ2v) is 9.85. The molecule has 18 heavy (non-hydrogen) atoms. The van der Waals surface area contributed by atoms with E-state index in [0.717, 1.165) is 0 Å². The van der Waals surface area contributed by atoms with Gasteiger partial charge in [0.15, 0.2) is 0 Å². The van der Waals surface area contributed by atoms with Crippen LogP contribution in [0.1, 0.15) is 45.6 Å². The third-order valence-corrected chi connectivity index (χ3v) is 9.73. The normalized spacial score (nSPS) is 11.5. The second kappa shape index (κ2) is 7.52. The molecule has 0 atom stereocenters. The average molecular weight is 261 g/mol. The van der Waals surface area contributed by atoms with Gasteiger partial charge in [0.1, 0.15) is 0 Å². The van der Waals surface area contributed by atoms with E-state index in [1.807, 2.05) is 18.4 Å². The predicted molar refractivity (Wildman–Crippen MR) is 81.9 cm³/mol. The molecule has 0 saturated carbocycles. The standard InChI is InChI=1S/C16H25OSi/c1-4-11-18(12-5-2,13-6-3)16-9-7-15(14-17)8-10-16/h7-10H,4-6,11-13H2,1-3H3. The molecule has 99 valence electrons. The third-order valence-electron chi connectivity index (χ3n) is 3.80. The van der Waals surface area contributed by atoms with E-state index in [4.69, 9.17) is 0 Å². The summed E-state index contributed by atoms with van der Waals surface area (Å²) in [5.41, 5.74) is 0.672. The topological polar surface area (TPSA) is 17.1 Å². The zero-order valence-corrected chi connectivity index (χ0v) is 13.0. The lowest BCUT2D eigenvalue weighted by molar-refractivity contribution is 0.563. The molecule has 0 fully saturated rings. The lowest BCUT2D eigenvalue weighted by Crippen LogP contribution is -2.47. The van der Waals surface area contributed by atoms with Gasteiger partial charge in [0.2, 0.25) is 6.29 Å². The van der Waals surface area contributed by atoms with Crippen LogP contribution in [0.15, 0.2) is 24.3 Å². The van der Waals surface area contributed by atoms with Crippen LogP contribution >= 0.6 is 0 Å². The van der Waals surface area contributed by atoms with Crippen LogP contribution in [0.4, 0.5) is 0 Å². The summed E-state index contributed by atoms with van der Waals surface area (Å²) in [5.74, 6) is 0. The highest BCUT2D eigenvalue weighted by molar-refractivity contribution is 6.91. The summed E-state index contributed by atoms with van der Waals surface area (Å²) >= 11 is 0. The number of hydrogen-bond acceptors (Lipinski definition) is 1. The molecule has 1 aromatic rings. The number of benzene rings is 1. The molecule has 0 aromatic heterocycles. The molecule has 0 N–H and O–H groups in total. The van der Waals surface area contributed by atoms with E-state index < -0.39 is 8.07 Å². The summed E-state index contributed by atoms with van der Waals surface area (Å²) in [6, 6.07) is 12.4. The van der Waals surface area contributed by atoms with Crippen molar-refractivity contribution in [1.29, 1.82) is 0 Å². The van der Waals surface area contributed by atoms with Crippen molar-refractivity contribution in [3.63, 3.8) is 0 Å². The van der Waals surface area contributed by atoms with Gasteiger partial charge in [-0.3, -0.25) is 4.79 Å². The molecule has 0 amide bonds. The van der Waals surface area contributed by atoms with Gasteiger partial charge in [-0.2, -0.15) is 0 Å².